The molecule has 5 heteroatoms. The summed E-state index contributed by atoms with van der Waals surface area (Å²) >= 11 is 0. The van der Waals surface area contributed by atoms with E-state index >= 15 is 0 Å². The number of aliphatic hydroxyl groups is 1. The lowest BCUT2D eigenvalue weighted by molar-refractivity contribution is 0.222. The Hall–Kier alpha value is -1.75. The summed E-state index contributed by atoms with van der Waals surface area (Å²) in [6.07, 6.45) is 3.29. The van der Waals surface area contributed by atoms with Crippen LogP contribution in [0.3, 0.4) is 0 Å². The van der Waals surface area contributed by atoms with Crippen LogP contribution in [0, 0.1) is 0 Å². The summed E-state index contributed by atoms with van der Waals surface area (Å²) < 4.78 is 4.74. The Labute approximate surface area is 74.1 Å². The smallest absolute Gasteiger partial charge is 0.252 e. The van der Waals surface area contributed by atoms with Gasteiger partial charge in [0.25, 0.3) is 5.89 Å². The van der Waals surface area contributed by atoms with Crippen LogP contribution in [0.25, 0.3) is 11.4 Å². The minimum absolute atomic E-state index is 0.215. The topological polar surface area (TPSA) is 72.0 Å². The highest BCUT2D eigenvalue weighted by atomic mass is 16.5. The average Bonchev–Trinajstić information content (AvgIpc) is 2.67. The van der Waals surface area contributed by atoms with Gasteiger partial charge in [0, 0.05) is 18.0 Å². The fourth-order valence-electron chi connectivity index (χ4n) is 0.937. The largest absolute Gasteiger partial charge is 0.387 e. The molecule has 0 aliphatic heterocycles. The molecule has 0 fully saturated rings. The van der Waals surface area contributed by atoms with Gasteiger partial charge in [0.1, 0.15) is 6.61 Å². The van der Waals surface area contributed by atoms with Gasteiger partial charge < -0.3 is 9.63 Å². The van der Waals surface area contributed by atoms with Crippen LogP contribution < -0.4 is 0 Å². The zero-order chi connectivity index (χ0) is 9.10. The van der Waals surface area contributed by atoms with E-state index in [0.717, 1.165) is 5.56 Å². The number of hydrogen-bond donors (Lipinski definition) is 1. The second-order valence-corrected chi connectivity index (χ2v) is 2.41. The van der Waals surface area contributed by atoms with Crippen molar-refractivity contribution in [3.8, 4) is 11.4 Å². The number of pyridine rings is 1. The van der Waals surface area contributed by atoms with E-state index in [1.807, 2.05) is 0 Å². The molecule has 2 aromatic heterocycles. The molecule has 0 atom stereocenters. The second-order valence-electron chi connectivity index (χ2n) is 2.41. The number of rotatable bonds is 2. The van der Waals surface area contributed by atoms with Crippen molar-refractivity contribution in [2.75, 3.05) is 0 Å². The Morgan fingerprint density at radius 2 is 2.08 bits per heavy atom. The van der Waals surface area contributed by atoms with Crippen molar-refractivity contribution in [3.63, 3.8) is 0 Å². The summed E-state index contributed by atoms with van der Waals surface area (Å²) in [5, 5.41) is 12.4. The number of aliphatic hydroxyl groups excluding tert-OH is 1. The van der Waals surface area contributed by atoms with Gasteiger partial charge in [0.2, 0.25) is 5.82 Å². The maximum absolute atomic E-state index is 8.69. The van der Waals surface area contributed by atoms with Crippen molar-refractivity contribution in [2.24, 2.45) is 0 Å². The lowest BCUT2D eigenvalue weighted by atomic mass is 10.2. The number of nitrogens with zero attached hydrogens (tertiary/aromatic N) is 3. The molecule has 0 radical (unpaired) electrons. The fourth-order valence-corrected chi connectivity index (χ4v) is 0.937. The van der Waals surface area contributed by atoms with E-state index in [4.69, 9.17) is 9.63 Å². The quantitative estimate of drug-likeness (QED) is 0.728. The molecule has 0 spiro atoms. The molecular formula is C8H7N3O2. The molecule has 0 aliphatic rings. The summed E-state index contributed by atoms with van der Waals surface area (Å²) in [7, 11) is 0. The minimum Gasteiger partial charge on any atom is -0.387 e. The molecule has 0 aromatic carbocycles. The van der Waals surface area contributed by atoms with Crippen LogP contribution >= 0.6 is 0 Å². The predicted molar refractivity (Wildman–Crippen MR) is 43.5 cm³/mol. The molecule has 0 saturated carbocycles. The molecule has 0 unspecified atom stereocenters. The SMILES string of the molecule is OCc1nc(-c2ccncc2)no1. The van der Waals surface area contributed by atoms with E-state index < -0.39 is 0 Å². The highest BCUT2D eigenvalue weighted by Gasteiger charge is 2.05. The molecule has 0 amide bonds. The van der Waals surface area contributed by atoms with Gasteiger partial charge in [-0.05, 0) is 12.1 Å². The van der Waals surface area contributed by atoms with Gasteiger partial charge >= 0.3 is 0 Å². The van der Waals surface area contributed by atoms with Gasteiger partial charge in [-0.3, -0.25) is 4.98 Å². The molecule has 0 bridgehead atoms. The maximum Gasteiger partial charge on any atom is 0.252 e. The van der Waals surface area contributed by atoms with Crippen molar-refractivity contribution < 1.29 is 9.63 Å². The highest BCUT2D eigenvalue weighted by molar-refractivity contribution is 5.52. The Kier molecular flexibility index (Phi) is 2.01. The molecule has 13 heavy (non-hydrogen) atoms. The third-order valence-corrected chi connectivity index (χ3v) is 1.54. The molecule has 66 valence electrons. The molecule has 2 rings (SSSR count). The van der Waals surface area contributed by atoms with Crippen molar-refractivity contribution in [1.82, 2.24) is 15.1 Å². The van der Waals surface area contributed by atoms with Crippen LogP contribution in [-0.2, 0) is 6.61 Å². The van der Waals surface area contributed by atoms with Gasteiger partial charge in [0.15, 0.2) is 0 Å². The van der Waals surface area contributed by atoms with E-state index in [-0.39, 0.29) is 12.5 Å². The standard InChI is InChI=1S/C8H7N3O2/c12-5-7-10-8(11-13-7)6-1-3-9-4-2-6/h1-4,12H,5H2. The number of hydrogen-bond acceptors (Lipinski definition) is 5. The zero-order valence-corrected chi connectivity index (χ0v) is 6.71. The normalized spacial score (nSPS) is 10.2. The van der Waals surface area contributed by atoms with E-state index in [1.54, 1.807) is 24.5 Å². The molecule has 2 aromatic rings. The first-order valence-electron chi connectivity index (χ1n) is 3.74. The molecule has 0 saturated heterocycles. The maximum atomic E-state index is 8.69. The third-order valence-electron chi connectivity index (χ3n) is 1.54. The summed E-state index contributed by atoms with van der Waals surface area (Å²) in [6.45, 7) is -0.238. The van der Waals surface area contributed by atoms with E-state index in [2.05, 4.69) is 15.1 Å². The van der Waals surface area contributed by atoms with Crippen molar-refractivity contribution in [2.45, 2.75) is 6.61 Å². The van der Waals surface area contributed by atoms with Crippen molar-refractivity contribution in [3.05, 3.63) is 30.4 Å². The van der Waals surface area contributed by atoms with Crippen LogP contribution in [0.2, 0.25) is 0 Å². The van der Waals surface area contributed by atoms with Crippen LogP contribution in [0.5, 0.6) is 0 Å². The summed E-state index contributed by atoms with van der Waals surface area (Å²) in [5.74, 6) is 0.679. The van der Waals surface area contributed by atoms with Crippen LogP contribution in [0.4, 0.5) is 0 Å². The minimum atomic E-state index is -0.238. The zero-order valence-electron chi connectivity index (χ0n) is 6.71. The molecule has 2 heterocycles. The highest BCUT2D eigenvalue weighted by Crippen LogP contribution is 2.13. The van der Waals surface area contributed by atoms with Crippen LogP contribution in [0.1, 0.15) is 5.89 Å². The third kappa shape index (κ3) is 1.54. The predicted octanol–water partition coefficient (Wildman–Crippen LogP) is 0.624. The first-order valence-corrected chi connectivity index (χ1v) is 3.74. The van der Waals surface area contributed by atoms with Crippen molar-refractivity contribution in [1.29, 1.82) is 0 Å². The van der Waals surface area contributed by atoms with Gasteiger partial charge in [-0.1, -0.05) is 5.16 Å². The molecule has 5 nitrogen and oxygen atoms in total. The Morgan fingerprint density at radius 1 is 1.31 bits per heavy atom. The van der Waals surface area contributed by atoms with Crippen LogP contribution in [-0.4, -0.2) is 20.2 Å². The lowest BCUT2D eigenvalue weighted by Crippen LogP contribution is -1.83. The molecule has 0 aliphatic carbocycles. The summed E-state index contributed by atoms with van der Waals surface area (Å²) in [4.78, 5) is 7.81. The Bertz CT molecular complexity index is 385. The number of aromatic nitrogens is 3. The lowest BCUT2D eigenvalue weighted by Gasteiger charge is -1.89. The van der Waals surface area contributed by atoms with E-state index in [9.17, 15) is 0 Å². The Balaban J connectivity index is 2.36. The first-order chi connectivity index (χ1) is 6.40. The average molecular weight is 177 g/mol. The van der Waals surface area contributed by atoms with Crippen molar-refractivity contribution >= 4 is 0 Å². The molecular weight excluding hydrogens is 170 g/mol. The fraction of sp³-hybridized carbons (Fsp3) is 0.125. The first kappa shape index (κ1) is 7.88. The van der Waals surface area contributed by atoms with Gasteiger partial charge in [0.05, 0.1) is 0 Å². The Morgan fingerprint density at radius 3 is 2.69 bits per heavy atom. The van der Waals surface area contributed by atoms with E-state index in [0.29, 0.717) is 5.82 Å². The second kappa shape index (κ2) is 3.32. The van der Waals surface area contributed by atoms with Gasteiger partial charge in [-0.15, -0.1) is 0 Å². The van der Waals surface area contributed by atoms with Gasteiger partial charge in [-0.2, -0.15) is 4.98 Å². The van der Waals surface area contributed by atoms with Crippen LogP contribution in [0.15, 0.2) is 29.0 Å². The van der Waals surface area contributed by atoms with Gasteiger partial charge in [-0.25, -0.2) is 0 Å². The molecule has 1 N–H and O–H groups in total. The summed E-state index contributed by atoms with van der Waals surface area (Å²) in [5.41, 5.74) is 0.818. The monoisotopic (exact) mass is 177 g/mol. The van der Waals surface area contributed by atoms with E-state index in [1.165, 1.54) is 0 Å². The summed E-state index contributed by atoms with van der Waals surface area (Å²) in [6, 6.07) is 3.54.